The maximum absolute atomic E-state index is 12.1. The first kappa shape index (κ1) is 14.8. The summed E-state index contributed by atoms with van der Waals surface area (Å²) in [6.45, 7) is 0. The number of pyridine rings is 1. The summed E-state index contributed by atoms with van der Waals surface area (Å²) in [4.78, 5) is 27.8. The molecule has 2 aromatic heterocycles. The Morgan fingerprint density at radius 1 is 1.13 bits per heavy atom. The third-order valence-electron chi connectivity index (χ3n) is 3.56. The summed E-state index contributed by atoms with van der Waals surface area (Å²) >= 11 is 0. The monoisotopic (exact) mass is 308 g/mol. The second kappa shape index (κ2) is 6.31. The Labute approximate surface area is 132 Å². The van der Waals surface area contributed by atoms with Gasteiger partial charge in [0.25, 0.3) is 5.91 Å². The summed E-state index contributed by atoms with van der Waals surface area (Å²) in [7, 11) is 0. The Bertz CT molecular complexity index is 870. The van der Waals surface area contributed by atoms with E-state index in [1.807, 2.05) is 28.8 Å². The molecule has 1 aromatic carbocycles. The van der Waals surface area contributed by atoms with Gasteiger partial charge in [0, 0.05) is 19.0 Å². The number of amides is 2. The molecule has 23 heavy (non-hydrogen) atoms. The number of aryl methyl sites for hydroxylation is 1. The van der Waals surface area contributed by atoms with Gasteiger partial charge in [0.2, 0.25) is 5.91 Å². The number of benzene rings is 1. The first-order valence-electron chi connectivity index (χ1n) is 7.25. The van der Waals surface area contributed by atoms with Crippen molar-refractivity contribution in [2.75, 3.05) is 5.32 Å². The molecule has 0 unspecified atom stereocenters. The largest absolute Gasteiger partial charge is 0.366 e. The van der Waals surface area contributed by atoms with Crippen LogP contribution in [0.1, 0.15) is 22.6 Å². The molecular weight excluding hydrogens is 292 g/mol. The number of carbonyl (C=O) groups is 2. The van der Waals surface area contributed by atoms with Crippen molar-refractivity contribution < 1.29 is 9.59 Å². The number of imidazole rings is 1. The van der Waals surface area contributed by atoms with Crippen molar-refractivity contribution in [3.05, 3.63) is 66.2 Å². The fourth-order valence-corrected chi connectivity index (χ4v) is 2.43. The highest BCUT2D eigenvalue weighted by Gasteiger charge is 2.11. The summed E-state index contributed by atoms with van der Waals surface area (Å²) in [6.07, 6.45) is 4.46. The van der Waals surface area contributed by atoms with Gasteiger partial charge in [-0.25, -0.2) is 4.98 Å². The molecule has 0 bridgehead atoms. The van der Waals surface area contributed by atoms with Crippen molar-refractivity contribution >= 4 is 23.0 Å². The van der Waals surface area contributed by atoms with E-state index < -0.39 is 5.91 Å². The Morgan fingerprint density at radius 2 is 1.91 bits per heavy atom. The van der Waals surface area contributed by atoms with Gasteiger partial charge in [0.1, 0.15) is 5.82 Å². The van der Waals surface area contributed by atoms with Crippen molar-refractivity contribution in [2.45, 2.75) is 12.8 Å². The first-order chi connectivity index (χ1) is 11.1. The molecule has 0 aliphatic carbocycles. The number of anilines is 1. The molecule has 3 aromatic rings. The molecule has 0 spiro atoms. The molecule has 0 atom stereocenters. The number of nitrogens with zero attached hydrogens (tertiary/aromatic N) is 2. The van der Waals surface area contributed by atoms with E-state index in [0.717, 1.165) is 11.3 Å². The van der Waals surface area contributed by atoms with Crippen LogP contribution in [0.2, 0.25) is 0 Å². The SMILES string of the molecule is NC(=O)c1ccccc1NC(=O)CCc1ncc2ccccn12. The maximum atomic E-state index is 12.1. The number of fused-ring (bicyclic) bond motifs is 1. The predicted octanol–water partition coefficient (Wildman–Crippen LogP) is 2.00. The fraction of sp³-hybridized carbons (Fsp3) is 0.118. The smallest absolute Gasteiger partial charge is 0.250 e. The van der Waals surface area contributed by atoms with E-state index in [4.69, 9.17) is 5.73 Å². The van der Waals surface area contributed by atoms with Crippen LogP contribution in [0.25, 0.3) is 5.52 Å². The molecule has 2 heterocycles. The minimum Gasteiger partial charge on any atom is -0.366 e. The minimum absolute atomic E-state index is 0.189. The molecule has 0 fully saturated rings. The van der Waals surface area contributed by atoms with Crippen molar-refractivity contribution in [1.82, 2.24) is 9.38 Å². The van der Waals surface area contributed by atoms with Crippen molar-refractivity contribution in [3.8, 4) is 0 Å². The number of para-hydroxylation sites is 1. The van der Waals surface area contributed by atoms with Gasteiger partial charge in [0.05, 0.1) is 23.0 Å². The average Bonchev–Trinajstić information content (AvgIpc) is 2.96. The normalized spacial score (nSPS) is 10.6. The van der Waals surface area contributed by atoms with E-state index in [9.17, 15) is 9.59 Å². The third kappa shape index (κ3) is 3.21. The standard InChI is InChI=1S/C17H16N4O2/c18-17(23)13-6-1-2-7-14(13)20-16(22)9-8-15-19-11-12-5-3-4-10-21(12)15/h1-7,10-11H,8-9H2,(H2,18,23)(H,20,22). The number of aromatic nitrogens is 2. The Balaban J connectivity index is 1.68. The van der Waals surface area contributed by atoms with Crippen molar-refractivity contribution in [2.24, 2.45) is 5.73 Å². The molecule has 0 saturated heterocycles. The van der Waals surface area contributed by atoms with E-state index in [0.29, 0.717) is 17.7 Å². The van der Waals surface area contributed by atoms with Gasteiger partial charge >= 0.3 is 0 Å². The van der Waals surface area contributed by atoms with Crippen LogP contribution < -0.4 is 11.1 Å². The van der Waals surface area contributed by atoms with Gasteiger partial charge in [-0.3, -0.25) is 9.59 Å². The lowest BCUT2D eigenvalue weighted by molar-refractivity contribution is -0.116. The quantitative estimate of drug-likeness (QED) is 0.755. The summed E-state index contributed by atoms with van der Waals surface area (Å²) in [5.74, 6) is 0.0606. The zero-order valence-electron chi connectivity index (χ0n) is 12.4. The van der Waals surface area contributed by atoms with Crippen LogP contribution in [0, 0.1) is 0 Å². The third-order valence-corrected chi connectivity index (χ3v) is 3.56. The zero-order valence-corrected chi connectivity index (χ0v) is 12.4. The van der Waals surface area contributed by atoms with Crippen LogP contribution in [-0.4, -0.2) is 21.2 Å². The summed E-state index contributed by atoms with van der Waals surface area (Å²) in [6, 6.07) is 12.5. The lowest BCUT2D eigenvalue weighted by atomic mass is 10.1. The number of hydrogen-bond acceptors (Lipinski definition) is 3. The molecule has 3 N–H and O–H groups in total. The molecule has 0 aliphatic heterocycles. The fourth-order valence-electron chi connectivity index (χ4n) is 2.43. The van der Waals surface area contributed by atoms with Crippen LogP contribution in [0.5, 0.6) is 0 Å². The minimum atomic E-state index is -0.569. The van der Waals surface area contributed by atoms with Crippen molar-refractivity contribution in [3.63, 3.8) is 0 Å². The molecule has 0 radical (unpaired) electrons. The van der Waals surface area contributed by atoms with E-state index in [-0.39, 0.29) is 12.3 Å². The second-order valence-electron chi connectivity index (χ2n) is 5.13. The highest BCUT2D eigenvalue weighted by Crippen LogP contribution is 2.15. The van der Waals surface area contributed by atoms with Crippen LogP contribution in [-0.2, 0) is 11.2 Å². The number of rotatable bonds is 5. The summed E-state index contributed by atoms with van der Waals surface area (Å²) in [5.41, 5.74) is 7.01. The van der Waals surface area contributed by atoms with Gasteiger partial charge in [-0.15, -0.1) is 0 Å². The van der Waals surface area contributed by atoms with E-state index >= 15 is 0 Å². The highest BCUT2D eigenvalue weighted by molar-refractivity contribution is 6.02. The lowest BCUT2D eigenvalue weighted by Gasteiger charge is -2.08. The molecule has 2 amide bonds. The molecule has 6 heteroatoms. The maximum Gasteiger partial charge on any atom is 0.250 e. The average molecular weight is 308 g/mol. The van der Waals surface area contributed by atoms with Gasteiger partial charge in [-0.05, 0) is 24.3 Å². The number of primary amides is 1. The summed E-state index contributed by atoms with van der Waals surface area (Å²) in [5, 5.41) is 2.73. The predicted molar refractivity (Wildman–Crippen MR) is 87.1 cm³/mol. The van der Waals surface area contributed by atoms with E-state index in [1.165, 1.54) is 0 Å². The number of nitrogens with two attached hydrogens (primary N) is 1. The van der Waals surface area contributed by atoms with E-state index in [2.05, 4.69) is 10.3 Å². The van der Waals surface area contributed by atoms with Crippen molar-refractivity contribution in [1.29, 1.82) is 0 Å². The van der Waals surface area contributed by atoms with Crippen LogP contribution >= 0.6 is 0 Å². The second-order valence-corrected chi connectivity index (χ2v) is 5.13. The summed E-state index contributed by atoms with van der Waals surface area (Å²) < 4.78 is 1.95. The Morgan fingerprint density at radius 3 is 2.74 bits per heavy atom. The van der Waals surface area contributed by atoms with Gasteiger partial charge in [-0.2, -0.15) is 0 Å². The van der Waals surface area contributed by atoms with Crippen LogP contribution in [0.15, 0.2) is 54.9 Å². The molecule has 116 valence electrons. The molecular formula is C17H16N4O2. The Kier molecular flexibility index (Phi) is 4.05. The van der Waals surface area contributed by atoms with Gasteiger partial charge in [0.15, 0.2) is 0 Å². The topological polar surface area (TPSA) is 89.5 Å². The van der Waals surface area contributed by atoms with E-state index in [1.54, 1.807) is 30.5 Å². The highest BCUT2D eigenvalue weighted by atomic mass is 16.2. The molecule has 3 rings (SSSR count). The van der Waals surface area contributed by atoms with Crippen LogP contribution in [0.4, 0.5) is 5.69 Å². The number of hydrogen-bond donors (Lipinski definition) is 2. The zero-order chi connectivity index (χ0) is 16.2. The van der Waals surface area contributed by atoms with Gasteiger partial charge in [-0.1, -0.05) is 18.2 Å². The Hall–Kier alpha value is -3.15. The molecule has 0 saturated carbocycles. The first-order valence-corrected chi connectivity index (χ1v) is 7.25. The van der Waals surface area contributed by atoms with Gasteiger partial charge < -0.3 is 15.5 Å². The number of carbonyl (C=O) groups excluding carboxylic acids is 2. The van der Waals surface area contributed by atoms with Crippen LogP contribution in [0.3, 0.4) is 0 Å². The number of nitrogens with one attached hydrogen (secondary N) is 1. The lowest BCUT2D eigenvalue weighted by Crippen LogP contribution is -2.18. The molecule has 6 nitrogen and oxygen atoms in total. The molecule has 0 aliphatic rings.